The Morgan fingerprint density at radius 1 is 1.05 bits per heavy atom. The molecule has 0 fully saturated rings. The van der Waals surface area contributed by atoms with E-state index < -0.39 is 12.7 Å². The maximum absolute atomic E-state index is 12.4. The summed E-state index contributed by atoms with van der Waals surface area (Å²) in [6, 6.07) is 11.0. The highest BCUT2D eigenvalue weighted by Crippen LogP contribution is 2.33. The minimum Gasteiger partial charge on any atom is -0.493 e. The molecule has 0 saturated heterocycles. The van der Waals surface area contributed by atoms with Crippen molar-refractivity contribution < 1.29 is 23.4 Å². The van der Waals surface area contributed by atoms with Crippen LogP contribution in [0.15, 0.2) is 42.5 Å². The fourth-order valence-corrected chi connectivity index (χ4v) is 2.12. The Balaban J connectivity index is 2.35. The molecule has 0 aliphatic heterocycles. The molecule has 0 aromatic heterocycles. The lowest BCUT2D eigenvalue weighted by Crippen LogP contribution is -2.06. The van der Waals surface area contributed by atoms with Gasteiger partial charge in [-0.25, -0.2) is 0 Å². The molecule has 0 aliphatic rings. The van der Waals surface area contributed by atoms with Crippen molar-refractivity contribution in [2.24, 2.45) is 0 Å². The van der Waals surface area contributed by atoms with Crippen molar-refractivity contribution in [3.05, 3.63) is 58.6 Å². The van der Waals surface area contributed by atoms with Gasteiger partial charge in [-0.15, -0.1) is 0 Å². The second-order valence-corrected chi connectivity index (χ2v) is 4.68. The molecule has 3 nitrogen and oxygen atoms in total. The maximum atomic E-state index is 12.4. The Bertz CT molecular complexity index is 620. The lowest BCUT2D eigenvalue weighted by Gasteiger charge is -2.15. The molecule has 0 spiro atoms. The predicted octanol–water partition coefficient (Wildman–Crippen LogP) is 4.03. The highest BCUT2D eigenvalue weighted by atomic mass is 35.5. The molecule has 6 heteroatoms. The van der Waals surface area contributed by atoms with E-state index in [-0.39, 0.29) is 11.5 Å². The van der Waals surface area contributed by atoms with Gasteiger partial charge in [0.15, 0.2) is 11.5 Å². The molecule has 21 heavy (non-hydrogen) atoms. The average molecular weight is 315 g/mol. The Labute approximate surface area is 125 Å². The fourth-order valence-electron chi connectivity index (χ4n) is 1.92. The highest BCUT2D eigenvalue weighted by molar-refractivity contribution is 6.30. The van der Waals surface area contributed by atoms with E-state index in [1.807, 2.05) is 0 Å². The first-order valence-corrected chi connectivity index (χ1v) is 6.45. The largest absolute Gasteiger partial charge is 0.493 e. The number of aliphatic hydroxyl groups is 1. The second kappa shape index (κ2) is 6.74. The van der Waals surface area contributed by atoms with E-state index in [1.54, 1.807) is 30.3 Å². The number of hydrogen-bond acceptors (Lipinski definition) is 3. The van der Waals surface area contributed by atoms with E-state index in [1.165, 1.54) is 19.2 Å². The third kappa shape index (κ3) is 3.83. The Kier molecular flexibility index (Phi) is 4.98. The number of alkyl halides is 2. The van der Waals surface area contributed by atoms with Gasteiger partial charge in [-0.3, -0.25) is 0 Å². The topological polar surface area (TPSA) is 38.7 Å². The third-order valence-electron chi connectivity index (χ3n) is 2.88. The van der Waals surface area contributed by atoms with Gasteiger partial charge in [-0.1, -0.05) is 29.8 Å². The summed E-state index contributed by atoms with van der Waals surface area (Å²) >= 11 is 5.87. The van der Waals surface area contributed by atoms with Crippen LogP contribution in [0.25, 0.3) is 0 Å². The van der Waals surface area contributed by atoms with Gasteiger partial charge in [-0.2, -0.15) is 8.78 Å². The number of methoxy groups -OCH3 is 1. The van der Waals surface area contributed by atoms with Crippen LogP contribution < -0.4 is 9.47 Å². The van der Waals surface area contributed by atoms with Crippen LogP contribution in [-0.4, -0.2) is 18.8 Å². The van der Waals surface area contributed by atoms with Crippen molar-refractivity contribution >= 4 is 11.6 Å². The van der Waals surface area contributed by atoms with Crippen molar-refractivity contribution in [3.63, 3.8) is 0 Å². The monoisotopic (exact) mass is 314 g/mol. The smallest absolute Gasteiger partial charge is 0.387 e. The molecule has 0 saturated carbocycles. The quantitative estimate of drug-likeness (QED) is 0.905. The molecule has 2 aromatic carbocycles. The Morgan fingerprint density at radius 3 is 2.38 bits per heavy atom. The molecule has 0 heterocycles. The van der Waals surface area contributed by atoms with Crippen LogP contribution in [0.5, 0.6) is 11.5 Å². The molecule has 0 bridgehead atoms. The molecule has 2 rings (SSSR count). The lowest BCUT2D eigenvalue weighted by atomic mass is 10.0. The van der Waals surface area contributed by atoms with E-state index in [4.69, 9.17) is 16.3 Å². The van der Waals surface area contributed by atoms with Crippen molar-refractivity contribution in [1.29, 1.82) is 0 Å². The average Bonchev–Trinajstić information content (AvgIpc) is 2.46. The van der Waals surface area contributed by atoms with Gasteiger partial charge in [-0.05, 0) is 35.4 Å². The molecule has 1 atom stereocenters. The van der Waals surface area contributed by atoms with Gasteiger partial charge in [0, 0.05) is 5.02 Å². The van der Waals surface area contributed by atoms with Crippen LogP contribution in [0, 0.1) is 0 Å². The molecule has 0 radical (unpaired) electrons. The zero-order valence-corrected chi connectivity index (χ0v) is 11.8. The molecular formula is C15H13ClF2O3. The number of aliphatic hydroxyl groups excluding tert-OH is 1. The van der Waals surface area contributed by atoms with Crippen LogP contribution in [0.1, 0.15) is 17.2 Å². The number of hydrogen-bond donors (Lipinski definition) is 1. The molecule has 2 aromatic rings. The van der Waals surface area contributed by atoms with E-state index >= 15 is 0 Å². The summed E-state index contributed by atoms with van der Waals surface area (Å²) in [5.74, 6) is 0.0309. The zero-order chi connectivity index (χ0) is 15.4. The van der Waals surface area contributed by atoms with Crippen LogP contribution in [0.2, 0.25) is 5.02 Å². The van der Waals surface area contributed by atoms with Crippen molar-refractivity contribution in [1.82, 2.24) is 0 Å². The van der Waals surface area contributed by atoms with Crippen LogP contribution >= 0.6 is 11.6 Å². The molecule has 1 N–H and O–H groups in total. The van der Waals surface area contributed by atoms with Crippen molar-refractivity contribution in [2.45, 2.75) is 12.7 Å². The summed E-state index contributed by atoms with van der Waals surface area (Å²) < 4.78 is 34.1. The van der Waals surface area contributed by atoms with E-state index in [2.05, 4.69) is 4.74 Å². The minimum absolute atomic E-state index is 0.133. The summed E-state index contributed by atoms with van der Waals surface area (Å²) in [7, 11) is 1.35. The first kappa shape index (κ1) is 15.5. The summed E-state index contributed by atoms with van der Waals surface area (Å²) in [4.78, 5) is 0. The molecule has 1 unspecified atom stereocenters. The third-order valence-corrected chi connectivity index (χ3v) is 3.12. The Morgan fingerprint density at radius 2 is 1.76 bits per heavy atom. The first-order valence-electron chi connectivity index (χ1n) is 6.07. The standard InChI is InChI=1S/C15H13ClF2O3/c1-20-12-6-5-10(8-13(12)21-15(17)18)14(19)9-3-2-4-11(16)7-9/h2-8,14-15,19H,1H3. The van der Waals surface area contributed by atoms with Gasteiger partial charge < -0.3 is 14.6 Å². The van der Waals surface area contributed by atoms with Crippen LogP contribution in [0.3, 0.4) is 0 Å². The van der Waals surface area contributed by atoms with Crippen molar-refractivity contribution in [2.75, 3.05) is 7.11 Å². The Hall–Kier alpha value is -1.85. The fraction of sp³-hybridized carbons (Fsp3) is 0.200. The van der Waals surface area contributed by atoms with E-state index in [9.17, 15) is 13.9 Å². The lowest BCUT2D eigenvalue weighted by molar-refractivity contribution is -0.0513. The van der Waals surface area contributed by atoms with Gasteiger partial charge in [0.2, 0.25) is 0 Å². The molecular weight excluding hydrogens is 302 g/mol. The number of halogens is 3. The zero-order valence-electron chi connectivity index (χ0n) is 11.1. The van der Waals surface area contributed by atoms with Crippen LogP contribution in [-0.2, 0) is 0 Å². The molecule has 112 valence electrons. The highest BCUT2D eigenvalue weighted by Gasteiger charge is 2.16. The predicted molar refractivity (Wildman–Crippen MR) is 75.1 cm³/mol. The normalized spacial score (nSPS) is 12.3. The molecule has 0 aliphatic carbocycles. The first-order chi connectivity index (χ1) is 10.0. The molecule has 0 amide bonds. The number of benzene rings is 2. The van der Waals surface area contributed by atoms with Gasteiger partial charge in [0.1, 0.15) is 6.10 Å². The van der Waals surface area contributed by atoms with E-state index in [0.717, 1.165) is 0 Å². The number of rotatable bonds is 5. The van der Waals surface area contributed by atoms with E-state index in [0.29, 0.717) is 16.1 Å². The van der Waals surface area contributed by atoms with Crippen LogP contribution in [0.4, 0.5) is 8.78 Å². The SMILES string of the molecule is COc1ccc(C(O)c2cccc(Cl)c2)cc1OC(F)F. The summed E-state index contributed by atoms with van der Waals surface area (Å²) in [6.45, 7) is -2.97. The second-order valence-electron chi connectivity index (χ2n) is 4.25. The maximum Gasteiger partial charge on any atom is 0.387 e. The van der Waals surface area contributed by atoms with Gasteiger partial charge >= 0.3 is 6.61 Å². The van der Waals surface area contributed by atoms with Gasteiger partial charge in [0.25, 0.3) is 0 Å². The minimum atomic E-state index is -2.97. The number of ether oxygens (including phenoxy) is 2. The summed E-state index contributed by atoms with van der Waals surface area (Å²) in [5.41, 5.74) is 0.949. The van der Waals surface area contributed by atoms with Gasteiger partial charge in [0.05, 0.1) is 7.11 Å². The summed E-state index contributed by atoms with van der Waals surface area (Å²) in [5, 5.41) is 10.8. The summed E-state index contributed by atoms with van der Waals surface area (Å²) in [6.07, 6.45) is -1.00. The van der Waals surface area contributed by atoms with Crippen molar-refractivity contribution in [3.8, 4) is 11.5 Å².